The normalized spacial score (nSPS) is 14.9. The standard InChI is InChI=1S/C15H24ClNO2S/c1-3-14(9-10-16)11-17-20(18,19)12-13(2)15-7-5-4-6-8-15/h4-8,13-14,17H,3,9-12H2,1-2H3. The van der Waals surface area contributed by atoms with E-state index in [2.05, 4.69) is 11.6 Å². The zero-order chi connectivity index (χ0) is 15.0. The van der Waals surface area contributed by atoms with Gasteiger partial charge in [-0.25, -0.2) is 13.1 Å². The van der Waals surface area contributed by atoms with Gasteiger partial charge in [0.25, 0.3) is 0 Å². The van der Waals surface area contributed by atoms with Crippen molar-refractivity contribution in [3.05, 3.63) is 35.9 Å². The lowest BCUT2D eigenvalue weighted by Crippen LogP contribution is -2.32. The highest BCUT2D eigenvalue weighted by atomic mass is 35.5. The van der Waals surface area contributed by atoms with E-state index in [9.17, 15) is 8.42 Å². The minimum atomic E-state index is -3.25. The summed E-state index contributed by atoms with van der Waals surface area (Å²) in [6.45, 7) is 4.47. The quantitative estimate of drug-likeness (QED) is 0.710. The van der Waals surface area contributed by atoms with Crippen molar-refractivity contribution in [2.24, 2.45) is 5.92 Å². The Morgan fingerprint density at radius 2 is 1.90 bits per heavy atom. The van der Waals surface area contributed by atoms with Crippen LogP contribution in [0.1, 0.15) is 38.2 Å². The molecule has 114 valence electrons. The Bertz CT molecular complexity index is 476. The molecule has 2 unspecified atom stereocenters. The fourth-order valence-electron chi connectivity index (χ4n) is 2.12. The summed E-state index contributed by atoms with van der Waals surface area (Å²) in [6.07, 6.45) is 1.78. The van der Waals surface area contributed by atoms with Gasteiger partial charge in [0.05, 0.1) is 5.75 Å². The van der Waals surface area contributed by atoms with Gasteiger partial charge in [0, 0.05) is 12.4 Å². The first kappa shape index (κ1) is 17.5. The number of benzene rings is 1. The van der Waals surface area contributed by atoms with Crippen LogP contribution in [-0.4, -0.2) is 26.6 Å². The van der Waals surface area contributed by atoms with E-state index >= 15 is 0 Å². The van der Waals surface area contributed by atoms with Crippen LogP contribution in [0.4, 0.5) is 0 Å². The smallest absolute Gasteiger partial charge is 0.212 e. The van der Waals surface area contributed by atoms with E-state index in [1.54, 1.807) is 0 Å². The number of nitrogens with one attached hydrogen (secondary N) is 1. The van der Waals surface area contributed by atoms with Crippen molar-refractivity contribution in [2.75, 3.05) is 18.2 Å². The number of halogens is 1. The summed E-state index contributed by atoms with van der Waals surface area (Å²) in [5.74, 6) is 0.991. The molecule has 5 heteroatoms. The first-order valence-electron chi connectivity index (χ1n) is 7.06. The number of hydrogen-bond acceptors (Lipinski definition) is 2. The molecular weight excluding hydrogens is 294 g/mol. The summed E-state index contributed by atoms with van der Waals surface area (Å²) < 4.78 is 26.9. The highest BCUT2D eigenvalue weighted by Crippen LogP contribution is 2.16. The zero-order valence-corrected chi connectivity index (χ0v) is 13.8. The average molecular weight is 318 g/mol. The first-order valence-corrected chi connectivity index (χ1v) is 9.25. The molecule has 0 aromatic heterocycles. The summed E-state index contributed by atoms with van der Waals surface area (Å²) in [6, 6.07) is 9.71. The van der Waals surface area contributed by atoms with Crippen molar-refractivity contribution in [3.8, 4) is 0 Å². The van der Waals surface area contributed by atoms with Crippen molar-refractivity contribution < 1.29 is 8.42 Å². The van der Waals surface area contributed by atoms with Gasteiger partial charge in [-0.2, -0.15) is 0 Å². The molecule has 1 rings (SSSR count). The van der Waals surface area contributed by atoms with Crippen LogP contribution >= 0.6 is 11.6 Å². The van der Waals surface area contributed by atoms with Crippen molar-refractivity contribution in [1.29, 1.82) is 0 Å². The van der Waals surface area contributed by atoms with Crippen molar-refractivity contribution >= 4 is 21.6 Å². The van der Waals surface area contributed by atoms with Crippen LogP contribution in [0.15, 0.2) is 30.3 Å². The van der Waals surface area contributed by atoms with Gasteiger partial charge in [-0.05, 0) is 23.8 Å². The molecular formula is C15H24ClNO2S. The molecule has 0 saturated carbocycles. The Morgan fingerprint density at radius 1 is 1.25 bits per heavy atom. The summed E-state index contributed by atoms with van der Waals surface area (Å²) in [7, 11) is -3.25. The molecule has 20 heavy (non-hydrogen) atoms. The fourth-order valence-corrected chi connectivity index (χ4v) is 3.88. The summed E-state index contributed by atoms with van der Waals surface area (Å²) in [5.41, 5.74) is 1.05. The molecule has 0 saturated heterocycles. The molecule has 0 bridgehead atoms. The van der Waals surface area contributed by atoms with E-state index in [1.807, 2.05) is 37.3 Å². The first-order chi connectivity index (χ1) is 9.48. The summed E-state index contributed by atoms with van der Waals surface area (Å²) >= 11 is 5.71. The maximum absolute atomic E-state index is 12.1. The Labute approximate surface area is 127 Å². The van der Waals surface area contributed by atoms with Gasteiger partial charge in [0.15, 0.2) is 0 Å². The minimum absolute atomic E-state index is 0.0122. The minimum Gasteiger partial charge on any atom is -0.215 e. The van der Waals surface area contributed by atoms with E-state index < -0.39 is 10.0 Å². The second-order valence-corrected chi connectivity index (χ2v) is 7.42. The lowest BCUT2D eigenvalue weighted by Gasteiger charge is -2.17. The topological polar surface area (TPSA) is 46.2 Å². The second-order valence-electron chi connectivity index (χ2n) is 5.19. The van der Waals surface area contributed by atoms with Gasteiger partial charge in [0.1, 0.15) is 0 Å². The van der Waals surface area contributed by atoms with Crippen LogP contribution < -0.4 is 4.72 Å². The van der Waals surface area contributed by atoms with Crippen LogP contribution in [0.3, 0.4) is 0 Å². The SMILES string of the molecule is CCC(CCCl)CNS(=O)(=O)CC(C)c1ccccc1. The Balaban J connectivity index is 2.53. The molecule has 1 aromatic rings. The maximum Gasteiger partial charge on any atom is 0.212 e. The molecule has 0 spiro atoms. The molecule has 0 radical (unpaired) electrons. The largest absolute Gasteiger partial charge is 0.215 e. The molecule has 0 aliphatic heterocycles. The molecule has 0 aliphatic rings. The predicted molar refractivity (Wildman–Crippen MR) is 85.8 cm³/mol. The lowest BCUT2D eigenvalue weighted by atomic mass is 10.0. The molecule has 2 atom stereocenters. The van der Waals surface area contributed by atoms with Crippen LogP contribution in [0, 0.1) is 5.92 Å². The summed E-state index contributed by atoms with van der Waals surface area (Å²) in [4.78, 5) is 0. The van der Waals surface area contributed by atoms with E-state index in [0.717, 1.165) is 18.4 Å². The molecule has 0 fully saturated rings. The van der Waals surface area contributed by atoms with Crippen molar-refractivity contribution in [1.82, 2.24) is 4.72 Å². The van der Waals surface area contributed by atoms with Crippen molar-refractivity contribution in [3.63, 3.8) is 0 Å². The van der Waals surface area contributed by atoms with Crippen LogP contribution in [0.25, 0.3) is 0 Å². The molecule has 0 amide bonds. The summed E-state index contributed by atoms with van der Waals surface area (Å²) in [5, 5.41) is 0. The molecule has 0 heterocycles. The highest BCUT2D eigenvalue weighted by molar-refractivity contribution is 7.89. The third-order valence-electron chi connectivity index (χ3n) is 3.52. The number of sulfonamides is 1. The second kappa shape index (κ2) is 8.65. The number of hydrogen-bond donors (Lipinski definition) is 1. The average Bonchev–Trinajstić information content (AvgIpc) is 2.44. The van der Waals surface area contributed by atoms with E-state index in [1.165, 1.54) is 0 Å². The highest BCUT2D eigenvalue weighted by Gasteiger charge is 2.18. The Hall–Kier alpha value is -0.580. The maximum atomic E-state index is 12.1. The van der Waals surface area contributed by atoms with Gasteiger partial charge in [-0.15, -0.1) is 11.6 Å². The van der Waals surface area contributed by atoms with Crippen molar-refractivity contribution in [2.45, 2.75) is 32.6 Å². The monoisotopic (exact) mass is 317 g/mol. The number of rotatable bonds is 9. The van der Waals surface area contributed by atoms with E-state index in [4.69, 9.17) is 11.6 Å². The third-order valence-corrected chi connectivity index (χ3v) is 5.29. The molecule has 1 aromatic carbocycles. The third kappa shape index (κ3) is 6.25. The van der Waals surface area contributed by atoms with Gasteiger partial charge < -0.3 is 0 Å². The van der Waals surface area contributed by atoms with E-state index in [0.29, 0.717) is 18.3 Å². The Kier molecular flexibility index (Phi) is 7.56. The van der Waals surface area contributed by atoms with Crippen LogP contribution in [0.5, 0.6) is 0 Å². The molecule has 1 N–H and O–H groups in total. The number of alkyl halides is 1. The molecule has 3 nitrogen and oxygen atoms in total. The van der Waals surface area contributed by atoms with Crippen LogP contribution in [0.2, 0.25) is 0 Å². The molecule has 0 aliphatic carbocycles. The van der Waals surface area contributed by atoms with Gasteiger partial charge in [0.2, 0.25) is 10.0 Å². The predicted octanol–water partition coefficient (Wildman–Crippen LogP) is 3.36. The van der Waals surface area contributed by atoms with Crippen LogP contribution in [-0.2, 0) is 10.0 Å². The van der Waals surface area contributed by atoms with Gasteiger partial charge in [-0.3, -0.25) is 0 Å². The fraction of sp³-hybridized carbons (Fsp3) is 0.600. The lowest BCUT2D eigenvalue weighted by molar-refractivity contribution is 0.480. The zero-order valence-electron chi connectivity index (χ0n) is 12.2. The Morgan fingerprint density at radius 3 is 2.45 bits per heavy atom. The van der Waals surface area contributed by atoms with Gasteiger partial charge >= 0.3 is 0 Å². The van der Waals surface area contributed by atoms with Gasteiger partial charge in [-0.1, -0.05) is 50.6 Å². The van der Waals surface area contributed by atoms with E-state index in [-0.39, 0.29) is 11.7 Å².